The molecule has 5 rings (SSSR count). The number of aromatic nitrogens is 2. The molecule has 2 aromatic carbocycles. The molecule has 3 heterocycles. The van der Waals surface area contributed by atoms with Crippen molar-refractivity contribution in [3.63, 3.8) is 0 Å². The molecule has 0 radical (unpaired) electrons. The Labute approximate surface area is 205 Å². The number of amides is 1. The highest BCUT2D eigenvalue weighted by atomic mass is 16.2. The van der Waals surface area contributed by atoms with Crippen molar-refractivity contribution in [1.82, 2.24) is 14.7 Å². The van der Waals surface area contributed by atoms with E-state index < -0.39 is 0 Å². The first kappa shape index (κ1) is 23.1. The number of benzene rings is 2. The molecule has 0 saturated carbocycles. The van der Waals surface area contributed by atoms with Crippen LogP contribution in [0.3, 0.4) is 0 Å². The van der Waals surface area contributed by atoms with Crippen LogP contribution in [-0.2, 0) is 6.42 Å². The Hall–Kier alpha value is -3.65. The first-order valence-electron chi connectivity index (χ1n) is 12.2. The van der Waals surface area contributed by atoms with Gasteiger partial charge in [0.2, 0.25) is 0 Å². The summed E-state index contributed by atoms with van der Waals surface area (Å²) < 4.78 is 1.24. The van der Waals surface area contributed by atoms with E-state index in [1.807, 2.05) is 31.2 Å². The molecule has 182 valence electrons. The Kier molecular flexibility index (Phi) is 6.06. The lowest BCUT2D eigenvalue weighted by atomic mass is 10.0. The Morgan fingerprint density at radius 3 is 2.40 bits per heavy atom. The van der Waals surface area contributed by atoms with Crippen molar-refractivity contribution >= 4 is 29.0 Å². The Bertz CT molecular complexity index is 1270. The summed E-state index contributed by atoms with van der Waals surface area (Å²) in [5, 5.41) is 4.29. The first-order chi connectivity index (χ1) is 16.8. The van der Waals surface area contributed by atoms with Gasteiger partial charge in [0.15, 0.2) is 0 Å². The van der Waals surface area contributed by atoms with E-state index in [9.17, 15) is 9.59 Å². The first-order valence-corrected chi connectivity index (χ1v) is 12.2. The summed E-state index contributed by atoms with van der Waals surface area (Å²) in [5.41, 5.74) is 12.9. The number of nitrogens with two attached hydrogens (primary N) is 1. The van der Waals surface area contributed by atoms with E-state index in [0.29, 0.717) is 24.2 Å². The molecule has 0 atom stereocenters. The second-order valence-electron chi connectivity index (χ2n) is 9.54. The number of carbonyl (C=O) groups excluding carboxylic acids is 2. The van der Waals surface area contributed by atoms with Gasteiger partial charge in [0.1, 0.15) is 11.5 Å². The van der Waals surface area contributed by atoms with Gasteiger partial charge in [-0.05, 0) is 56.5 Å². The molecule has 2 N–H and O–H groups in total. The molecule has 8 heteroatoms. The third kappa shape index (κ3) is 4.30. The average Bonchev–Trinajstić information content (AvgIpc) is 3.20. The molecule has 8 nitrogen and oxygen atoms in total. The summed E-state index contributed by atoms with van der Waals surface area (Å²) >= 11 is 0. The van der Waals surface area contributed by atoms with Crippen molar-refractivity contribution in [3.8, 4) is 0 Å². The lowest BCUT2D eigenvalue weighted by molar-refractivity contribution is 0.0807. The quantitative estimate of drug-likeness (QED) is 0.628. The third-order valence-electron chi connectivity index (χ3n) is 7.28. The van der Waals surface area contributed by atoms with Crippen LogP contribution < -0.4 is 15.5 Å². The Balaban J connectivity index is 1.30. The van der Waals surface area contributed by atoms with Crippen LogP contribution in [-0.4, -0.2) is 65.8 Å². The van der Waals surface area contributed by atoms with Crippen molar-refractivity contribution in [2.45, 2.75) is 27.2 Å². The molecule has 0 bridgehead atoms. The molecule has 35 heavy (non-hydrogen) atoms. The van der Waals surface area contributed by atoms with Crippen molar-refractivity contribution in [3.05, 3.63) is 70.4 Å². The monoisotopic (exact) mass is 472 g/mol. The standard InChI is InChI=1S/C27H32N6O2/c1-18-7-9-21(10-8-18)32-12-11-22-25(27(32)35)33(29-26(22)28)24(34)17-30-13-15-31(16-14-30)23-6-4-5-19(2)20(23)3/h4-10H,11-17H2,1-3H3,(H2,28,29). The lowest BCUT2D eigenvalue weighted by Crippen LogP contribution is -2.49. The predicted molar refractivity (Wildman–Crippen MR) is 138 cm³/mol. The molecule has 2 aliphatic heterocycles. The van der Waals surface area contributed by atoms with Gasteiger partial charge < -0.3 is 15.5 Å². The van der Waals surface area contributed by atoms with Gasteiger partial charge in [0.25, 0.3) is 11.8 Å². The van der Waals surface area contributed by atoms with Gasteiger partial charge in [0.05, 0.1) is 6.54 Å². The zero-order valence-electron chi connectivity index (χ0n) is 20.6. The maximum absolute atomic E-state index is 13.4. The van der Waals surface area contributed by atoms with Crippen LogP contribution in [0.25, 0.3) is 0 Å². The molecule has 1 aromatic heterocycles. The van der Waals surface area contributed by atoms with Crippen molar-refractivity contribution in [2.75, 3.05) is 54.8 Å². The molecule has 1 fully saturated rings. The summed E-state index contributed by atoms with van der Waals surface area (Å²) in [7, 11) is 0. The predicted octanol–water partition coefficient (Wildman–Crippen LogP) is 3.06. The summed E-state index contributed by atoms with van der Waals surface area (Å²) in [6.45, 7) is 10.2. The number of aryl methyl sites for hydroxylation is 2. The number of anilines is 3. The zero-order chi connectivity index (χ0) is 24.7. The highest BCUT2D eigenvalue weighted by Crippen LogP contribution is 2.28. The minimum absolute atomic E-state index is 0.200. The molecular formula is C27H32N6O2. The maximum atomic E-state index is 13.4. The molecular weight excluding hydrogens is 440 g/mol. The van der Waals surface area contributed by atoms with E-state index in [0.717, 1.165) is 37.4 Å². The minimum Gasteiger partial charge on any atom is -0.382 e. The SMILES string of the molecule is Cc1ccc(N2CCc3c(N)nn(C(=O)CN4CCN(c5cccc(C)c5C)CC4)c3C2=O)cc1. The lowest BCUT2D eigenvalue weighted by Gasteiger charge is -2.36. The van der Waals surface area contributed by atoms with Crippen LogP contribution in [0.15, 0.2) is 42.5 Å². The van der Waals surface area contributed by atoms with Crippen LogP contribution >= 0.6 is 0 Å². The number of carbonyl (C=O) groups is 2. The van der Waals surface area contributed by atoms with Crippen LogP contribution in [0.5, 0.6) is 0 Å². The summed E-state index contributed by atoms with van der Waals surface area (Å²) in [6.07, 6.45) is 0.572. The fraction of sp³-hybridized carbons (Fsp3) is 0.370. The Morgan fingerprint density at radius 1 is 0.971 bits per heavy atom. The smallest absolute Gasteiger partial charge is 0.277 e. The summed E-state index contributed by atoms with van der Waals surface area (Å²) in [6, 6.07) is 14.2. The highest BCUT2D eigenvalue weighted by molar-refractivity contribution is 6.09. The molecule has 0 spiro atoms. The van der Waals surface area contributed by atoms with E-state index in [2.05, 4.69) is 46.9 Å². The zero-order valence-corrected chi connectivity index (χ0v) is 20.6. The number of piperazine rings is 1. The fourth-order valence-electron chi connectivity index (χ4n) is 5.02. The van der Waals surface area contributed by atoms with Gasteiger partial charge in [-0.15, -0.1) is 5.10 Å². The molecule has 1 amide bonds. The number of rotatable bonds is 4. The number of nitrogens with zero attached hydrogens (tertiary/aromatic N) is 5. The number of hydrogen-bond acceptors (Lipinski definition) is 6. The van der Waals surface area contributed by atoms with Gasteiger partial charge in [0, 0.05) is 49.7 Å². The van der Waals surface area contributed by atoms with Gasteiger partial charge in [-0.25, -0.2) is 0 Å². The van der Waals surface area contributed by atoms with E-state index in [4.69, 9.17) is 5.73 Å². The summed E-state index contributed by atoms with van der Waals surface area (Å²) in [5.74, 6) is -0.186. The number of fused-ring (bicyclic) bond motifs is 1. The molecule has 1 saturated heterocycles. The maximum Gasteiger partial charge on any atom is 0.277 e. The highest BCUT2D eigenvalue weighted by Gasteiger charge is 2.34. The van der Waals surface area contributed by atoms with E-state index >= 15 is 0 Å². The van der Waals surface area contributed by atoms with Crippen molar-refractivity contribution in [2.24, 2.45) is 0 Å². The van der Waals surface area contributed by atoms with Gasteiger partial charge in [-0.1, -0.05) is 29.8 Å². The van der Waals surface area contributed by atoms with E-state index in [-0.39, 0.29) is 24.2 Å². The summed E-state index contributed by atoms with van der Waals surface area (Å²) in [4.78, 5) is 32.9. The molecule has 0 aliphatic carbocycles. The molecule has 3 aromatic rings. The average molecular weight is 473 g/mol. The molecule has 0 unspecified atom stereocenters. The minimum atomic E-state index is -0.229. The van der Waals surface area contributed by atoms with E-state index in [1.54, 1.807) is 4.90 Å². The largest absolute Gasteiger partial charge is 0.382 e. The van der Waals surface area contributed by atoms with Gasteiger partial charge in [-0.2, -0.15) is 4.68 Å². The third-order valence-corrected chi connectivity index (χ3v) is 7.28. The van der Waals surface area contributed by atoms with Crippen molar-refractivity contribution < 1.29 is 9.59 Å². The van der Waals surface area contributed by atoms with E-state index in [1.165, 1.54) is 21.5 Å². The Morgan fingerprint density at radius 2 is 1.69 bits per heavy atom. The van der Waals surface area contributed by atoms with Crippen LogP contribution in [0.4, 0.5) is 17.2 Å². The van der Waals surface area contributed by atoms with Crippen LogP contribution in [0.1, 0.15) is 37.5 Å². The number of hydrogen-bond donors (Lipinski definition) is 1. The molecule has 2 aliphatic rings. The fourth-order valence-corrected chi connectivity index (χ4v) is 5.02. The van der Waals surface area contributed by atoms with Gasteiger partial charge in [-0.3, -0.25) is 14.5 Å². The van der Waals surface area contributed by atoms with Gasteiger partial charge >= 0.3 is 0 Å². The van der Waals surface area contributed by atoms with Crippen LogP contribution in [0.2, 0.25) is 0 Å². The second-order valence-corrected chi connectivity index (χ2v) is 9.54. The topological polar surface area (TPSA) is 87.7 Å². The van der Waals surface area contributed by atoms with Crippen molar-refractivity contribution in [1.29, 1.82) is 0 Å². The normalized spacial score (nSPS) is 16.5. The van der Waals surface area contributed by atoms with Crippen LogP contribution in [0, 0.1) is 20.8 Å². The second kappa shape index (κ2) is 9.19. The number of nitrogen functional groups attached to an aromatic ring is 1.